The number of hydrogen-bond donors (Lipinski definition) is 1. The Morgan fingerprint density at radius 3 is 2.42 bits per heavy atom. The van der Waals surface area contributed by atoms with E-state index >= 15 is 0 Å². The van der Waals surface area contributed by atoms with Crippen LogP contribution in [-0.2, 0) is 6.18 Å². The van der Waals surface area contributed by atoms with Crippen molar-refractivity contribution in [1.82, 2.24) is 15.0 Å². The third-order valence-corrected chi connectivity index (χ3v) is 4.92. The van der Waals surface area contributed by atoms with E-state index in [1.54, 1.807) is 12.3 Å². The van der Waals surface area contributed by atoms with E-state index in [1.807, 2.05) is 13.0 Å². The van der Waals surface area contributed by atoms with Gasteiger partial charge in [-0.15, -0.1) is 0 Å². The van der Waals surface area contributed by atoms with Crippen LogP contribution in [0.1, 0.15) is 43.5 Å². The summed E-state index contributed by atoms with van der Waals surface area (Å²) in [7, 11) is 0. The van der Waals surface area contributed by atoms with Gasteiger partial charge in [-0.1, -0.05) is 6.42 Å². The summed E-state index contributed by atoms with van der Waals surface area (Å²) >= 11 is 0. The van der Waals surface area contributed by atoms with Crippen LogP contribution in [0.15, 0.2) is 30.6 Å². The minimum atomic E-state index is -4.54. The fourth-order valence-electron chi connectivity index (χ4n) is 3.71. The quantitative estimate of drug-likeness (QED) is 0.449. The van der Waals surface area contributed by atoms with Gasteiger partial charge in [0.25, 0.3) is 0 Å². The van der Waals surface area contributed by atoms with E-state index in [0.29, 0.717) is 28.2 Å². The van der Waals surface area contributed by atoms with Gasteiger partial charge in [-0.05, 0) is 38.7 Å². The molecule has 0 amide bonds. The first-order valence-corrected chi connectivity index (χ1v) is 9.76. The van der Waals surface area contributed by atoms with E-state index in [1.165, 1.54) is 12.5 Å². The lowest BCUT2D eigenvalue weighted by atomic mass is 9.98. The first-order chi connectivity index (χ1) is 14.6. The number of pyridine rings is 2. The molecule has 0 saturated heterocycles. The SMILES string of the molecule is Cc1cc(OC2CCCCC2)cc(-c2c[nH]c3ccnc(C(F)(F)F)c23)n1.FC(F)F. The number of halogens is 6. The van der Waals surface area contributed by atoms with Crippen molar-refractivity contribution in [3.63, 3.8) is 0 Å². The van der Waals surface area contributed by atoms with E-state index in [2.05, 4.69) is 15.0 Å². The third-order valence-electron chi connectivity index (χ3n) is 4.92. The van der Waals surface area contributed by atoms with Gasteiger partial charge < -0.3 is 9.72 Å². The second-order valence-electron chi connectivity index (χ2n) is 7.24. The van der Waals surface area contributed by atoms with E-state index < -0.39 is 18.5 Å². The number of aromatic nitrogens is 3. The Kier molecular flexibility index (Phi) is 7.07. The van der Waals surface area contributed by atoms with Gasteiger partial charge in [0.05, 0.1) is 11.8 Å². The highest BCUT2D eigenvalue weighted by molar-refractivity contribution is 5.96. The average molecular weight is 445 g/mol. The second-order valence-corrected chi connectivity index (χ2v) is 7.24. The Labute approximate surface area is 174 Å². The van der Waals surface area contributed by atoms with Crippen LogP contribution in [0, 0.1) is 6.92 Å². The summed E-state index contributed by atoms with van der Waals surface area (Å²) in [6, 6.07) is 5.08. The number of ether oxygens (including phenoxy) is 1. The minimum absolute atomic E-state index is 0.0340. The fourth-order valence-corrected chi connectivity index (χ4v) is 3.71. The predicted octanol–water partition coefficient (Wildman–Crippen LogP) is 6.84. The number of H-pyrrole nitrogens is 1. The van der Waals surface area contributed by atoms with Crippen LogP contribution in [0.25, 0.3) is 22.2 Å². The number of aromatic amines is 1. The van der Waals surface area contributed by atoms with Gasteiger partial charge in [-0.2, -0.15) is 26.3 Å². The van der Waals surface area contributed by atoms with Crippen molar-refractivity contribution < 1.29 is 31.1 Å². The summed E-state index contributed by atoms with van der Waals surface area (Å²) in [5.74, 6) is 0.649. The number of rotatable bonds is 3. The van der Waals surface area contributed by atoms with Crippen LogP contribution in [0.4, 0.5) is 26.3 Å². The number of aryl methyl sites for hydroxylation is 1. The zero-order valence-corrected chi connectivity index (χ0v) is 16.6. The van der Waals surface area contributed by atoms with Gasteiger partial charge >= 0.3 is 12.9 Å². The monoisotopic (exact) mass is 445 g/mol. The summed E-state index contributed by atoms with van der Waals surface area (Å²) in [6.45, 7) is -1.85. The van der Waals surface area contributed by atoms with E-state index in [9.17, 15) is 26.3 Å². The average Bonchev–Trinajstić information content (AvgIpc) is 3.11. The van der Waals surface area contributed by atoms with Gasteiger partial charge in [0, 0.05) is 46.7 Å². The van der Waals surface area contributed by atoms with Gasteiger partial charge in [0.15, 0.2) is 5.69 Å². The molecule has 3 heterocycles. The molecule has 0 aromatic carbocycles. The third kappa shape index (κ3) is 5.89. The molecule has 4 rings (SSSR count). The Morgan fingerprint density at radius 1 is 1.10 bits per heavy atom. The number of fused-ring (bicyclic) bond motifs is 1. The molecule has 1 aliphatic rings. The lowest BCUT2D eigenvalue weighted by Crippen LogP contribution is -2.19. The minimum Gasteiger partial charge on any atom is -0.490 e. The van der Waals surface area contributed by atoms with Crippen molar-refractivity contribution in [2.24, 2.45) is 0 Å². The lowest BCUT2D eigenvalue weighted by Gasteiger charge is -2.23. The maximum atomic E-state index is 13.4. The van der Waals surface area contributed by atoms with E-state index in [0.717, 1.165) is 31.9 Å². The molecule has 0 aliphatic heterocycles. The molecule has 4 nitrogen and oxygen atoms in total. The van der Waals surface area contributed by atoms with Crippen LogP contribution < -0.4 is 4.74 Å². The smallest absolute Gasteiger partial charge is 0.434 e. The standard InChI is InChI=1S/C20H20F3N3O.CHF3/c1-12-9-14(27-13-5-3-2-4-6-13)10-17(26-12)15-11-25-16-7-8-24-19(18(15)16)20(21,22)23;2-1(3)4/h7-11,13,25H,2-6H2,1H3;1H. The number of hydrogen-bond acceptors (Lipinski definition) is 3. The van der Waals surface area contributed by atoms with Crippen LogP contribution >= 0.6 is 0 Å². The zero-order chi connectivity index (χ0) is 22.6. The van der Waals surface area contributed by atoms with Crippen molar-refractivity contribution in [3.8, 4) is 17.0 Å². The first-order valence-electron chi connectivity index (χ1n) is 9.76. The van der Waals surface area contributed by atoms with Crippen LogP contribution in [0.3, 0.4) is 0 Å². The Hall–Kier alpha value is -2.78. The van der Waals surface area contributed by atoms with Crippen LogP contribution in [0.5, 0.6) is 5.75 Å². The molecule has 3 aromatic heterocycles. The van der Waals surface area contributed by atoms with Gasteiger partial charge in [-0.3, -0.25) is 9.97 Å². The Bertz CT molecular complexity index is 1010. The molecule has 0 spiro atoms. The fraction of sp³-hybridized carbons (Fsp3) is 0.429. The van der Waals surface area contributed by atoms with Gasteiger partial charge in [0.1, 0.15) is 5.75 Å². The highest BCUT2D eigenvalue weighted by Gasteiger charge is 2.36. The van der Waals surface area contributed by atoms with Crippen LogP contribution in [0.2, 0.25) is 0 Å². The van der Waals surface area contributed by atoms with Crippen LogP contribution in [-0.4, -0.2) is 27.7 Å². The van der Waals surface area contributed by atoms with E-state index in [-0.39, 0.29) is 11.5 Å². The molecular weight excluding hydrogens is 424 g/mol. The highest BCUT2D eigenvalue weighted by atomic mass is 19.4. The number of nitrogens with zero attached hydrogens (tertiary/aromatic N) is 2. The summed E-state index contributed by atoms with van der Waals surface area (Å²) in [6.07, 6.45) is 3.85. The summed E-state index contributed by atoms with van der Waals surface area (Å²) in [5.41, 5.74) is 0.998. The predicted molar refractivity (Wildman–Crippen MR) is 104 cm³/mol. The molecule has 10 heteroatoms. The molecule has 1 fully saturated rings. The van der Waals surface area contributed by atoms with E-state index in [4.69, 9.17) is 4.74 Å². The molecular formula is C21H21F6N3O. The maximum absolute atomic E-state index is 13.4. The lowest BCUT2D eigenvalue weighted by molar-refractivity contribution is -0.139. The van der Waals surface area contributed by atoms with Gasteiger partial charge in [0.2, 0.25) is 0 Å². The number of alkyl halides is 6. The molecule has 0 bridgehead atoms. The summed E-state index contributed by atoms with van der Waals surface area (Å²) in [5, 5.41) is 0.0340. The number of nitrogens with one attached hydrogen (secondary N) is 1. The van der Waals surface area contributed by atoms with Crippen molar-refractivity contribution in [1.29, 1.82) is 0 Å². The van der Waals surface area contributed by atoms with Crippen molar-refractivity contribution in [2.45, 2.75) is 58.0 Å². The molecule has 31 heavy (non-hydrogen) atoms. The molecule has 1 aliphatic carbocycles. The topological polar surface area (TPSA) is 50.8 Å². The molecule has 1 N–H and O–H groups in total. The molecule has 0 unspecified atom stereocenters. The van der Waals surface area contributed by atoms with Crippen molar-refractivity contribution in [2.75, 3.05) is 0 Å². The first kappa shape index (κ1) is 22.9. The summed E-state index contributed by atoms with van der Waals surface area (Å²) < 4.78 is 75.4. The Balaban J connectivity index is 0.000000628. The molecule has 1 saturated carbocycles. The van der Waals surface area contributed by atoms with Gasteiger partial charge in [-0.25, -0.2) is 0 Å². The summed E-state index contributed by atoms with van der Waals surface area (Å²) in [4.78, 5) is 10.9. The van der Waals surface area contributed by atoms with Crippen molar-refractivity contribution in [3.05, 3.63) is 42.0 Å². The zero-order valence-electron chi connectivity index (χ0n) is 16.6. The largest absolute Gasteiger partial charge is 0.490 e. The molecule has 0 radical (unpaired) electrons. The second kappa shape index (κ2) is 9.57. The van der Waals surface area contributed by atoms with Crippen molar-refractivity contribution >= 4 is 10.9 Å². The highest BCUT2D eigenvalue weighted by Crippen LogP contribution is 2.38. The molecule has 3 aromatic rings. The Morgan fingerprint density at radius 2 is 1.77 bits per heavy atom. The molecule has 0 atom stereocenters. The maximum Gasteiger partial charge on any atom is 0.434 e. The molecule has 168 valence electrons. The normalized spacial score (nSPS) is 15.1.